The second-order valence-corrected chi connectivity index (χ2v) is 4.12. The summed E-state index contributed by atoms with van der Waals surface area (Å²) in [4.78, 5) is 11.0. The second-order valence-electron chi connectivity index (χ2n) is 4.12. The van der Waals surface area contributed by atoms with Crippen LogP contribution < -0.4 is 5.73 Å². The average Bonchev–Trinajstić information content (AvgIpc) is 2.35. The van der Waals surface area contributed by atoms with Gasteiger partial charge in [0.2, 0.25) is 0 Å². The Bertz CT molecular complexity index is 364. The van der Waals surface area contributed by atoms with Crippen LogP contribution in [0.2, 0.25) is 0 Å². The molecule has 3 nitrogen and oxygen atoms in total. The highest BCUT2D eigenvalue weighted by Gasteiger charge is 2.16. The molecule has 94 valence electrons. The zero-order valence-corrected chi connectivity index (χ0v) is 10.2. The Kier molecular flexibility index (Phi) is 5.10. The van der Waals surface area contributed by atoms with Crippen LogP contribution in [0.25, 0.3) is 0 Å². The number of rotatable bonds is 5. The second kappa shape index (κ2) is 6.35. The number of halogens is 1. The largest absolute Gasteiger partial charge is 0.469 e. The van der Waals surface area contributed by atoms with Gasteiger partial charge in [-0.15, -0.1) is 0 Å². The average molecular weight is 239 g/mol. The number of hydrogen-bond donors (Lipinski definition) is 1. The SMILES string of the molecule is COC(=O)CCC(N)C(C)c1ccc(F)cc1. The van der Waals surface area contributed by atoms with Crippen molar-refractivity contribution in [1.29, 1.82) is 0 Å². The van der Waals surface area contributed by atoms with Gasteiger partial charge in [-0.3, -0.25) is 4.79 Å². The number of carbonyl (C=O) groups excluding carboxylic acids is 1. The van der Waals surface area contributed by atoms with E-state index in [9.17, 15) is 9.18 Å². The molecule has 0 heterocycles. The quantitative estimate of drug-likeness (QED) is 0.801. The molecule has 2 atom stereocenters. The van der Waals surface area contributed by atoms with Crippen molar-refractivity contribution in [3.8, 4) is 0 Å². The van der Waals surface area contributed by atoms with Crippen molar-refractivity contribution in [1.82, 2.24) is 0 Å². The molecule has 0 spiro atoms. The summed E-state index contributed by atoms with van der Waals surface area (Å²) in [6.07, 6.45) is 0.869. The lowest BCUT2D eigenvalue weighted by molar-refractivity contribution is -0.140. The predicted octanol–water partition coefficient (Wildman–Crippen LogP) is 2.21. The third-order valence-electron chi connectivity index (χ3n) is 2.95. The molecule has 0 amide bonds. The molecule has 0 aliphatic heterocycles. The van der Waals surface area contributed by atoms with Crippen molar-refractivity contribution in [2.75, 3.05) is 7.11 Å². The Morgan fingerprint density at radius 2 is 2.00 bits per heavy atom. The van der Waals surface area contributed by atoms with Gasteiger partial charge in [-0.25, -0.2) is 4.39 Å². The molecular formula is C13H18FNO2. The van der Waals surface area contributed by atoms with E-state index in [1.807, 2.05) is 6.92 Å². The molecular weight excluding hydrogens is 221 g/mol. The van der Waals surface area contributed by atoms with Crippen LogP contribution in [0.15, 0.2) is 24.3 Å². The minimum atomic E-state index is -0.260. The molecule has 1 rings (SSSR count). The smallest absolute Gasteiger partial charge is 0.305 e. The van der Waals surface area contributed by atoms with E-state index in [4.69, 9.17) is 5.73 Å². The third-order valence-corrected chi connectivity index (χ3v) is 2.95. The number of esters is 1. The summed E-state index contributed by atoms with van der Waals surface area (Å²) in [6, 6.07) is 6.13. The molecule has 0 bridgehead atoms. The standard InChI is InChI=1S/C13H18FNO2/c1-9(10-3-5-11(14)6-4-10)12(15)7-8-13(16)17-2/h3-6,9,12H,7-8,15H2,1-2H3. The van der Waals surface area contributed by atoms with E-state index in [-0.39, 0.29) is 23.7 Å². The number of carbonyl (C=O) groups is 1. The summed E-state index contributed by atoms with van der Waals surface area (Å²) in [5.41, 5.74) is 6.96. The van der Waals surface area contributed by atoms with Gasteiger partial charge in [0.05, 0.1) is 7.11 Å². The molecule has 4 heteroatoms. The van der Waals surface area contributed by atoms with E-state index in [0.717, 1.165) is 5.56 Å². The van der Waals surface area contributed by atoms with Crippen LogP contribution in [0, 0.1) is 5.82 Å². The maximum atomic E-state index is 12.8. The number of methoxy groups -OCH3 is 1. The minimum absolute atomic E-state index is 0.0836. The molecule has 0 saturated carbocycles. The maximum absolute atomic E-state index is 12.8. The Labute approximate surface area is 101 Å². The van der Waals surface area contributed by atoms with Crippen LogP contribution in [-0.2, 0) is 9.53 Å². The van der Waals surface area contributed by atoms with Crippen LogP contribution in [0.3, 0.4) is 0 Å². The Hall–Kier alpha value is -1.42. The van der Waals surface area contributed by atoms with Crippen molar-refractivity contribution >= 4 is 5.97 Å². The predicted molar refractivity (Wildman–Crippen MR) is 64.0 cm³/mol. The van der Waals surface area contributed by atoms with Gasteiger partial charge >= 0.3 is 5.97 Å². The van der Waals surface area contributed by atoms with Crippen molar-refractivity contribution < 1.29 is 13.9 Å². The van der Waals surface area contributed by atoms with Crippen LogP contribution in [0.5, 0.6) is 0 Å². The molecule has 0 aromatic heterocycles. The van der Waals surface area contributed by atoms with Crippen LogP contribution in [0.4, 0.5) is 4.39 Å². The van der Waals surface area contributed by atoms with Crippen LogP contribution >= 0.6 is 0 Å². The first-order chi connectivity index (χ1) is 8.04. The van der Waals surface area contributed by atoms with Gasteiger partial charge in [0.25, 0.3) is 0 Å². The first-order valence-electron chi connectivity index (χ1n) is 5.62. The Balaban J connectivity index is 2.54. The van der Waals surface area contributed by atoms with Gasteiger partial charge in [0, 0.05) is 12.5 Å². The van der Waals surface area contributed by atoms with Gasteiger partial charge in [-0.2, -0.15) is 0 Å². The summed E-state index contributed by atoms with van der Waals surface area (Å²) < 4.78 is 17.3. The van der Waals surface area contributed by atoms with Crippen molar-refractivity contribution in [2.45, 2.75) is 31.7 Å². The van der Waals surface area contributed by atoms with Gasteiger partial charge in [-0.05, 0) is 30.0 Å². The molecule has 0 radical (unpaired) electrons. The summed E-state index contributed by atoms with van der Waals surface area (Å²) in [7, 11) is 1.36. The molecule has 0 fully saturated rings. The maximum Gasteiger partial charge on any atom is 0.305 e. The van der Waals surface area contributed by atoms with E-state index >= 15 is 0 Å². The molecule has 1 aromatic rings. The highest BCUT2D eigenvalue weighted by Crippen LogP contribution is 2.21. The third kappa shape index (κ3) is 4.15. The number of benzene rings is 1. The minimum Gasteiger partial charge on any atom is -0.469 e. The van der Waals surface area contributed by atoms with E-state index < -0.39 is 0 Å². The molecule has 17 heavy (non-hydrogen) atoms. The summed E-state index contributed by atoms with van der Waals surface area (Å²) in [6.45, 7) is 1.97. The molecule has 2 N–H and O–H groups in total. The van der Waals surface area contributed by atoms with E-state index in [1.165, 1.54) is 19.2 Å². The fourth-order valence-corrected chi connectivity index (χ4v) is 1.65. The number of hydrogen-bond acceptors (Lipinski definition) is 3. The van der Waals surface area contributed by atoms with E-state index in [0.29, 0.717) is 12.8 Å². The first-order valence-corrected chi connectivity index (χ1v) is 5.62. The van der Waals surface area contributed by atoms with Crippen molar-refractivity contribution in [3.63, 3.8) is 0 Å². The first kappa shape index (κ1) is 13.6. The molecule has 0 aliphatic rings. The fraction of sp³-hybridized carbons (Fsp3) is 0.462. The number of nitrogens with two attached hydrogens (primary N) is 1. The lowest BCUT2D eigenvalue weighted by Gasteiger charge is -2.19. The lowest BCUT2D eigenvalue weighted by Crippen LogP contribution is -2.27. The summed E-state index contributed by atoms with van der Waals surface area (Å²) in [5, 5.41) is 0. The Morgan fingerprint density at radius 3 is 2.53 bits per heavy atom. The monoisotopic (exact) mass is 239 g/mol. The molecule has 2 unspecified atom stereocenters. The zero-order valence-electron chi connectivity index (χ0n) is 10.2. The van der Waals surface area contributed by atoms with Crippen LogP contribution in [0.1, 0.15) is 31.2 Å². The number of ether oxygens (including phenoxy) is 1. The van der Waals surface area contributed by atoms with Crippen molar-refractivity contribution in [2.24, 2.45) is 5.73 Å². The zero-order chi connectivity index (χ0) is 12.8. The van der Waals surface area contributed by atoms with E-state index in [1.54, 1.807) is 12.1 Å². The molecule has 1 aromatic carbocycles. The molecule has 0 aliphatic carbocycles. The summed E-state index contributed by atoms with van der Waals surface area (Å²) in [5.74, 6) is -0.434. The highest BCUT2D eigenvalue weighted by molar-refractivity contribution is 5.69. The van der Waals surface area contributed by atoms with Crippen molar-refractivity contribution in [3.05, 3.63) is 35.6 Å². The normalized spacial score (nSPS) is 14.1. The Morgan fingerprint density at radius 1 is 1.41 bits per heavy atom. The van der Waals surface area contributed by atoms with Gasteiger partial charge < -0.3 is 10.5 Å². The van der Waals surface area contributed by atoms with Gasteiger partial charge in [0.1, 0.15) is 5.82 Å². The highest BCUT2D eigenvalue weighted by atomic mass is 19.1. The van der Waals surface area contributed by atoms with Gasteiger partial charge in [-0.1, -0.05) is 19.1 Å². The van der Waals surface area contributed by atoms with Crippen LogP contribution in [-0.4, -0.2) is 19.1 Å². The van der Waals surface area contributed by atoms with Gasteiger partial charge in [0.15, 0.2) is 0 Å². The topological polar surface area (TPSA) is 52.3 Å². The van der Waals surface area contributed by atoms with E-state index in [2.05, 4.69) is 4.74 Å². The summed E-state index contributed by atoms with van der Waals surface area (Å²) >= 11 is 0. The fourth-order valence-electron chi connectivity index (χ4n) is 1.65. The molecule has 0 saturated heterocycles. The lowest BCUT2D eigenvalue weighted by atomic mass is 9.91.